The van der Waals surface area contributed by atoms with Crippen LogP contribution in [0.5, 0.6) is 5.75 Å². The van der Waals surface area contributed by atoms with Gasteiger partial charge in [0.1, 0.15) is 12.5 Å². The lowest BCUT2D eigenvalue weighted by molar-refractivity contribution is 0.330. The van der Waals surface area contributed by atoms with Gasteiger partial charge in [-0.15, -0.1) is 0 Å². The minimum atomic E-state index is 0.212. The van der Waals surface area contributed by atoms with E-state index >= 15 is 0 Å². The van der Waals surface area contributed by atoms with Crippen molar-refractivity contribution in [3.8, 4) is 16.9 Å². The summed E-state index contributed by atoms with van der Waals surface area (Å²) in [6.45, 7) is 2.30. The van der Waals surface area contributed by atoms with E-state index < -0.39 is 0 Å². The second-order valence-corrected chi connectivity index (χ2v) is 3.70. The van der Waals surface area contributed by atoms with Gasteiger partial charge in [-0.1, -0.05) is 42.0 Å². The first-order valence-corrected chi connectivity index (χ1v) is 5.29. The number of ether oxygens (including phenoxy) is 1. The van der Waals surface area contributed by atoms with Crippen LogP contribution in [-0.2, 0) is 0 Å². The molecule has 2 rings (SSSR count). The Morgan fingerprint density at radius 2 is 1.38 bits per heavy atom. The van der Waals surface area contributed by atoms with E-state index in [1.165, 1.54) is 16.7 Å². The van der Waals surface area contributed by atoms with Crippen LogP contribution in [0.25, 0.3) is 11.1 Å². The maximum atomic E-state index is 5.30. The number of hydrogen-bond donors (Lipinski definition) is 1. The highest BCUT2D eigenvalue weighted by Crippen LogP contribution is 2.22. The Bertz CT molecular complexity index is 445. The molecule has 2 aromatic carbocycles. The van der Waals surface area contributed by atoms with Crippen LogP contribution in [-0.4, -0.2) is 6.73 Å². The molecule has 0 aliphatic carbocycles. The van der Waals surface area contributed by atoms with Crippen molar-refractivity contribution in [2.24, 2.45) is 5.73 Å². The van der Waals surface area contributed by atoms with Crippen LogP contribution in [0, 0.1) is 6.92 Å². The molecule has 0 spiro atoms. The third kappa shape index (κ3) is 2.41. The van der Waals surface area contributed by atoms with E-state index in [4.69, 9.17) is 10.5 Å². The van der Waals surface area contributed by atoms with E-state index in [-0.39, 0.29) is 6.73 Å². The molecule has 0 aliphatic rings. The lowest BCUT2D eigenvalue weighted by Crippen LogP contribution is -2.06. The molecule has 0 aromatic heterocycles. The number of nitrogens with two attached hydrogens (primary N) is 1. The zero-order valence-electron chi connectivity index (χ0n) is 9.31. The highest BCUT2D eigenvalue weighted by molar-refractivity contribution is 5.64. The van der Waals surface area contributed by atoms with E-state index in [2.05, 4.69) is 31.2 Å². The SMILES string of the molecule is Cc1ccc(-c2ccc(OCN)cc2)cc1. The fourth-order valence-corrected chi connectivity index (χ4v) is 1.59. The fraction of sp³-hybridized carbons (Fsp3) is 0.143. The van der Waals surface area contributed by atoms with Crippen molar-refractivity contribution in [3.63, 3.8) is 0 Å². The summed E-state index contributed by atoms with van der Waals surface area (Å²) in [5.41, 5.74) is 8.97. The molecule has 2 heteroatoms. The first-order chi connectivity index (χ1) is 7.79. The van der Waals surface area contributed by atoms with Gasteiger partial charge in [0.25, 0.3) is 0 Å². The van der Waals surface area contributed by atoms with Crippen LogP contribution >= 0.6 is 0 Å². The van der Waals surface area contributed by atoms with Crippen molar-refractivity contribution in [1.82, 2.24) is 0 Å². The summed E-state index contributed by atoms with van der Waals surface area (Å²) in [5, 5.41) is 0. The highest BCUT2D eigenvalue weighted by Gasteiger charge is 1.97. The summed E-state index contributed by atoms with van der Waals surface area (Å²) in [5.74, 6) is 0.804. The maximum Gasteiger partial charge on any atom is 0.137 e. The quantitative estimate of drug-likeness (QED) is 0.795. The van der Waals surface area contributed by atoms with Crippen molar-refractivity contribution in [2.45, 2.75) is 6.92 Å². The minimum Gasteiger partial charge on any atom is -0.479 e. The van der Waals surface area contributed by atoms with Crippen LogP contribution < -0.4 is 10.5 Å². The third-order valence-electron chi connectivity index (χ3n) is 2.49. The molecule has 0 radical (unpaired) electrons. The van der Waals surface area contributed by atoms with Gasteiger partial charge >= 0.3 is 0 Å². The van der Waals surface area contributed by atoms with Gasteiger partial charge in [0.05, 0.1) is 0 Å². The standard InChI is InChI=1S/C14H15NO/c1-11-2-4-12(5-3-11)13-6-8-14(9-7-13)16-10-15/h2-9H,10,15H2,1H3. The lowest BCUT2D eigenvalue weighted by Gasteiger charge is -2.05. The van der Waals surface area contributed by atoms with Crippen LogP contribution in [0.2, 0.25) is 0 Å². The molecule has 0 saturated carbocycles. The molecule has 0 unspecified atom stereocenters. The minimum absolute atomic E-state index is 0.212. The molecule has 2 aromatic rings. The van der Waals surface area contributed by atoms with Crippen LogP contribution in [0.4, 0.5) is 0 Å². The zero-order chi connectivity index (χ0) is 11.4. The molecule has 0 amide bonds. The summed E-state index contributed by atoms with van der Waals surface area (Å²) >= 11 is 0. The van der Waals surface area contributed by atoms with Gasteiger partial charge in [-0.25, -0.2) is 0 Å². The lowest BCUT2D eigenvalue weighted by atomic mass is 10.0. The average molecular weight is 213 g/mol. The second kappa shape index (κ2) is 4.81. The Kier molecular flexibility index (Phi) is 3.22. The number of hydrogen-bond acceptors (Lipinski definition) is 2. The van der Waals surface area contributed by atoms with Crippen molar-refractivity contribution >= 4 is 0 Å². The average Bonchev–Trinajstić information content (AvgIpc) is 2.32. The molecule has 0 bridgehead atoms. The molecule has 2 nitrogen and oxygen atoms in total. The first-order valence-electron chi connectivity index (χ1n) is 5.29. The van der Waals surface area contributed by atoms with Crippen molar-refractivity contribution in [1.29, 1.82) is 0 Å². The van der Waals surface area contributed by atoms with E-state index in [9.17, 15) is 0 Å². The predicted octanol–water partition coefficient (Wildman–Crippen LogP) is 2.96. The van der Waals surface area contributed by atoms with Crippen molar-refractivity contribution < 1.29 is 4.74 Å². The fourth-order valence-electron chi connectivity index (χ4n) is 1.59. The summed E-state index contributed by atoms with van der Waals surface area (Å²) < 4.78 is 5.19. The van der Waals surface area contributed by atoms with E-state index in [0.29, 0.717) is 0 Å². The van der Waals surface area contributed by atoms with Crippen LogP contribution in [0.1, 0.15) is 5.56 Å². The largest absolute Gasteiger partial charge is 0.479 e. The second-order valence-electron chi connectivity index (χ2n) is 3.70. The first kappa shape index (κ1) is 10.7. The summed E-state index contributed by atoms with van der Waals surface area (Å²) in [4.78, 5) is 0. The summed E-state index contributed by atoms with van der Waals surface area (Å²) in [6.07, 6.45) is 0. The molecule has 0 aliphatic heterocycles. The molecule has 0 heterocycles. The molecular formula is C14H15NO. The number of aryl methyl sites for hydroxylation is 1. The van der Waals surface area contributed by atoms with Crippen molar-refractivity contribution in [3.05, 3.63) is 54.1 Å². The molecule has 0 fully saturated rings. The van der Waals surface area contributed by atoms with Gasteiger partial charge in [-0.3, -0.25) is 5.73 Å². The molecule has 16 heavy (non-hydrogen) atoms. The predicted molar refractivity (Wildman–Crippen MR) is 66.3 cm³/mol. The monoisotopic (exact) mass is 213 g/mol. The number of rotatable bonds is 3. The Morgan fingerprint density at radius 1 is 0.875 bits per heavy atom. The molecular weight excluding hydrogens is 198 g/mol. The van der Waals surface area contributed by atoms with E-state index in [0.717, 1.165) is 5.75 Å². The number of benzene rings is 2. The zero-order valence-corrected chi connectivity index (χ0v) is 9.31. The van der Waals surface area contributed by atoms with Crippen molar-refractivity contribution in [2.75, 3.05) is 6.73 Å². The Hall–Kier alpha value is -1.80. The van der Waals surface area contributed by atoms with Crippen LogP contribution in [0.3, 0.4) is 0 Å². The molecule has 2 N–H and O–H groups in total. The van der Waals surface area contributed by atoms with Gasteiger partial charge in [0.15, 0.2) is 0 Å². The molecule has 0 atom stereocenters. The topological polar surface area (TPSA) is 35.2 Å². The molecule has 82 valence electrons. The maximum absolute atomic E-state index is 5.30. The summed E-state index contributed by atoms with van der Waals surface area (Å²) in [6, 6.07) is 16.4. The van der Waals surface area contributed by atoms with Gasteiger partial charge in [0, 0.05) is 0 Å². The van der Waals surface area contributed by atoms with Crippen LogP contribution in [0.15, 0.2) is 48.5 Å². The van der Waals surface area contributed by atoms with Gasteiger partial charge in [-0.2, -0.15) is 0 Å². The van der Waals surface area contributed by atoms with E-state index in [1.54, 1.807) is 0 Å². The van der Waals surface area contributed by atoms with E-state index in [1.807, 2.05) is 24.3 Å². The Labute approximate surface area is 95.7 Å². The normalized spacial score (nSPS) is 10.1. The summed E-state index contributed by atoms with van der Waals surface area (Å²) in [7, 11) is 0. The van der Waals surface area contributed by atoms with Gasteiger partial charge in [0.2, 0.25) is 0 Å². The smallest absolute Gasteiger partial charge is 0.137 e. The van der Waals surface area contributed by atoms with Gasteiger partial charge in [-0.05, 0) is 30.2 Å². The highest BCUT2D eigenvalue weighted by atomic mass is 16.5. The molecule has 0 saturated heterocycles. The Morgan fingerprint density at radius 3 is 1.88 bits per heavy atom. The Balaban J connectivity index is 2.24. The van der Waals surface area contributed by atoms with Gasteiger partial charge < -0.3 is 4.74 Å². The third-order valence-corrected chi connectivity index (χ3v) is 2.49.